The summed E-state index contributed by atoms with van der Waals surface area (Å²) < 4.78 is 2.27. The van der Waals surface area contributed by atoms with Gasteiger partial charge in [-0.1, -0.05) is 13.3 Å². The van der Waals surface area contributed by atoms with Crippen LogP contribution in [0.15, 0.2) is 12.3 Å². The molecule has 1 heterocycles. The Kier molecular flexibility index (Phi) is 3.65. The Morgan fingerprint density at radius 3 is 2.53 bits per heavy atom. The molecule has 3 heteroatoms. The van der Waals surface area contributed by atoms with Crippen molar-refractivity contribution in [3.63, 3.8) is 0 Å². The summed E-state index contributed by atoms with van der Waals surface area (Å²) in [6.45, 7) is 9.13. The van der Waals surface area contributed by atoms with Gasteiger partial charge in [-0.3, -0.25) is 0 Å². The zero-order chi connectivity index (χ0) is 14.2. The van der Waals surface area contributed by atoms with Crippen LogP contribution in [0.4, 0.5) is 0 Å². The van der Waals surface area contributed by atoms with E-state index in [2.05, 4.69) is 24.6 Å². The Balaban J connectivity index is 2.73. The van der Waals surface area contributed by atoms with Crippen molar-refractivity contribution in [3.8, 4) is 0 Å². The molecule has 0 bridgehead atoms. The molecule has 0 saturated carbocycles. The first-order valence-corrected chi connectivity index (χ1v) is 6.80. The zero-order valence-electron chi connectivity index (χ0n) is 12.1. The molecule has 19 heavy (non-hydrogen) atoms. The molecule has 0 atom stereocenters. The number of aromatic nitrogens is 1. The number of unbranched alkanes of at least 4 members (excludes halogenated alkanes) is 1. The molecule has 0 radical (unpaired) electrons. The minimum Gasteiger partial charge on any atom is -0.478 e. The summed E-state index contributed by atoms with van der Waals surface area (Å²) >= 11 is 0. The molecule has 0 aliphatic heterocycles. The zero-order valence-corrected chi connectivity index (χ0v) is 12.1. The third-order valence-corrected chi connectivity index (χ3v) is 3.76. The van der Waals surface area contributed by atoms with Crippen molar-refractivity contribution in [2.75, 3.05) is 0 Å². The summed E-state index contributed by atoms with van der Waals surface area (Å²) in [4.78, 5) is 11.3. The first-order chi connectivity index (χ1) is 8.97. The Labute approximate surface area is 113 Å². The van der Waals surface area contributed by atoms with Crippen molar-refractivity contribution in [1.82, 2.24) is 4.57 Å². The third-order valence-electron chi connectivity index (χ3n) is 3.76. The minimum absolute atomic E-state index is 0.418. The van der Waals surface area contributed by atoms with Crippen LogP contribution in [0.2, 0.25) is 0 Å². The van der Waals surface area contributed by atoms with Crippen LogP contribution in [-0.4, -0.2) is 15.6 Å². The molecule has 1 aromatic heterocycles. The Morgan fingerprint density at radius 2 is 1.95 bits per heavy atom. The lowest BCUT2D eigenvalue weighted by molar-refractivity contribution is 0.0696. The van der Waals surface area contributed by atoms with Crippen molar-refractivity contribution in [1.29, 1.82) is 0 Å². The van der Waals surface area contributed by atoms with Gasteiger partial charge in [-0.15, -0.1) is 0 Å². The molecule has 2 rings (SSSR count). The van der Waals surface area contributed by atoms with Crippen LogP contribution in [0.5, 0.6) is 0 Å². The van der Waals surface area contributed by atoms with Gasteiger partial charge in [-0.25, -0.2) is 4.79 Å². The van der Waals surface area contributed by atoms with Gasteiger partial charge in [0.1, 0.15) is 0 Å². The minimum atomic E-state index is -0.844. The normalized spacial score (nSPS) is 11.2. The molecular weight excluding hydrogens is 238 g/mol. The van der Waals surface area contributed by atoms with Crippen LogP contribution in [0.3, 0.4) is 0 Å². The second kappa shape index (κ2) is 5.08. The van der Waals surface area contributed by atoms with E-state index in [1.165, 1.54) is 5.52 Å². The molecule has 102 valence electrons. The molecule has 0 unspecified atom stereocenters. The lowest BCUT2D eigenvalue weighted by Gasteiger charge is -2.10. The molecule has 2 aromatic rings. The number of aromatic carboxylic acids is 1. The van der Waals surface area contributed by atoms with E-state index >= 15 is 0 Å². The van der Waals surface area contributed by atoms with Gasteiger partial charge < -0.3 is 9.67 Å². The van der Waals surface area contributed by atoms with Crippen molar-refractivity contribution in [2.45, 2.75) is 47.1 Å². The smallest absolute Gasteiger partial charge is 0.335 e. The van der Waals surface area contributed by atoms with Crippen molar-refractivity contribution >= 4 is 16.9 Å². The number of carbonyl (C=O) groups is 1. The van der Waals surface area contributed by atoms with E-state index in [9.17, 15) is 9.90 Å². The molecule has 0 amide bonds. The summed E-state index contributed by atoms with van der Waals surface area (Å²) in [5.74, 6) is -0.844. The van der Waals surface area contributed by atoms with Crippen molar-refractivity contribution < 1.29 is 9.90 Å². The standard InChI is InChI=1S/C16H21NO2/c1-5-6-7-17-9-11(3)14-12(4)13(16(18)19)8-10(2)15(14)17/h8-9H,5-7H2,1-4H3,(H,18,19). The highest BCUT2D eigenvalue weighted by Crippen LogP contribution is 2.30. The van der Waals surface area contributed by atoms with Gasteiger partial charge >= 0.3 is 5.97 Å². The molecule has 0 saturated heterocycles. The van der Waals surface area contributed by atoms with Gasteiger partial charge in [0.15, 0.2) is 0 Å². The van der Waals surface area contributed by atoms with Crippen LogP contribution < -0.4 is 0 Å². The molecule has 0 aliphatic rings. The number of benzene rings is 1. The number of nitrogens with zero attached hydrogens (tertiary/aromatic N) is 1. The van der Waals surface area contributed by atoms with E-state index in [1.807, 2.05) is 13.8 Å². The fraction of sp³-hybridized carbons (Fsp3) is 0.438. The highest BCUT2D eigenvalue weighted by molar-refractivity contribution is 5.99. The number of rotatable bonds is 4. The van der Waals surface area contributed by atoms with E-state index in [0.717, 1.165) is 41.5 Å². The van der Waals surface area contributed by atoms with Crippen LogP contribution in [0.1, 0.15) is 46.8 Å². The predicted molar refractivity (Wildman–Crippen MR) is 78.0 cm³/mol. The first-order valence-electron chi connectivity index (χ1n) is 6.80. The number of carboxylic acid groups (broad SMARTS) is 1. The molecule has 1 N–H and O–H groups in total. The van der Waals surface area contributed by atoms with Crippen LogP contribution in [0, 0.1) is 20.8 Å². The monoisotopic (exact) mass is 259 g/mol. The number of fused-ring (bicyclic) bond motifs is 1. The van der Waals surface area contributed by atoms with Crippen LogP contribution in [-0.2, 0) is 6.54 Å². The Morgan fingerprint density at radius 1 is 1.26 bits per heavy atom. The van der Waals surface area contributed by atoms with Gasteiger partial charge in [-0.05, 0) is 49.9 Å². The number of aryl methyl sites for hydroxylation is 4. The van der Waals surface area contributed by atoms with Gasteiger partial charge in [0.2, 0.25) is 0 Å². The summed E-state index contributed by atoms with van der Waals surface area (Å²) in [6, 6.07) is 1.79. The first kappa shape index (κ1) is 13.7. The molecule has 0 aliphatic carbocycles. The molecule has 0 fully saturated rings. The average molecular weight is 259 g/mol. The van der Waals surface area contributed by atoms with Crippen molar-refractivity contribution in [3.05, 3.63) is 34.5 Å². The van der Waals surface area contributed by atoms with Crippen molar-refractivity contribution in [2.24, 2.45) is 0 Å². The van der Waals surface area contributed by atoms with Gasteiger partial charge in [0.25, 0.3) is 0 Å². The lowest BCUT2D eigenvalue weighted by Crippen LogP contribution is -2.03. The molecule has 3 nitrogen and oxygen atoms in total. The highest BCUT2D eigenvalue weighted by atomic mass is 16.4. The second-order valence-corrected chi connectivity index (χ2v) is 5.25. The average Bonchev–Trinajstić information content (AvgIpc) is 2.68. The molecule has 0 spiro atoms. The molecular formula is C16H21NO2. The summed E-state index contributed by atoms with van der Waals surface area (Å²) in [5, 5.41) is 10.4. The molecule has 1 aromatic carbocycles. The van der Waals surface area contributed by atoms with E-state index in [0.29, 0.717) is 5.56 Å². The van der Waals surface area contributed by atoms with E-state index in [4.69, 9.17) is 0 Å². The number of carboxylic acids is 1. The summed E-state index contributed by atoms with van der Waals surface area (Å²) in [6.07, 6.45) is 4.44. The lowest BCUT2D eigenvalue weighted by atomic mass is 9.98. The number of hydrogen-bond acceptors (Lipinski definition) is 1. The maximum atomic E-state index is 11.3. The third kappa shape index (κ3) is 2.25. The fourth-order valence-corrected chi connectivity index (χ4v) is 2.85. The van der Waals surface area contributed by atoms with E-state index in [-0.39, 0.29) is 0 Å². The quantitative estimate of drug-likeness (QED) is 0.899. The van der Waals surface area contributed by atoms with E-state index < -0.39 is 5.97 Å². The fourth-order valence-electron chi connectivity index (χ4n) is 2.85. The van der Waals surface area contributed by atoms with E-state index in [1.54, 1.807) is 6.07 Å². The Bertz CT molecular complexity index is 638. The second-order valence-electron chi connectivity index (χ2n) is 5.25. The van der Waals surface area contributed by atoms with Crippen LogP contribution >= 0.6 is 0 Å². The van der Waals surface area contributed by atoms with Gasteiger partial charge in [-0.2, -0.15) is 0 Å². The highest BCUT2D eigenvalue weighted by Gasteiger charge is 2.17. The predicted octanol–water partition coefficient (Wildman–Crippen LogP) is 4.06. The van der Waals surface area contributed by atoms with Crippen LogP contribution in [0.25, 0.3) is 10.9 Å². The summed E-state index contributed by atoms with van der Waals surface area (Å²) in [7, 11) is 0. The maximum absolute atomic E-state index is 11.3. The van der Waals surface area contributed by atoms with Gasteiger partial charge in [0.05, 0.1) is 11.1 Å². The number of hydrogen-bond donors (Lipinski definition) is 1. The Hall–Kier alpha value is -1.77. The SMILES string of the molecule is CCCCn1cc(C)c2c(C)c(C(=O)O)cc(C)c21. The maximum Gasteiger partial charge on any atom is 0.335 e. The summed E-state index contributed by atoms with van der Waals surface area (Å²) in [5.41, 5.74) is 4.69. The topological polar surface area (TPSA) is 42.2 Å². The van der Waals surface area contributed by atoms with Gasteiger partial charge in [0, 0.05) is 18.1 Å². The largest absolute Gasteiger partial charge is 0.478 e.